The molecule has 0 aromatic carbocycles. The molecule has 0 amide bonds. The van der Waals surface area contributed by atoms with Crippen LogP contribution in [0.3, 0.4) is 0 Å². The van der Waals surface area contributed by atoms with E-state index < -0.39 is 5.79 Å². The van der Waals surface area contributed by atoms with E-state index in [0.717, 1.165) is 38.7 Å². The zero-order valence-electron chi connectivity index (χ0n) is 9.91. The number of carbonyl (C=O) groups excluding carboxylic acids is 1. The number of hydrogen-bond donors (Lipinski definition) is 0. The van der Waals surface area contributed by atoms with E-state index in [1.165, 1.54) is 0 Å². The third kappa shape index (κ3) is 2.92. The number of hydrogen-bond acceptors (Lipinski definition) is 3. The molecule has 3 heteroatoms. The second-order valence-corrected chi connectivity index (χ2v) is 4.74. The van der Waals surface area contributed by atoms with Gasteiger partial charge in [0, 0.05) is 12.8 Å². The van der Waals surface area contributed by atoms with Gasteiger partial charge in [0.05, 0.1) is 12.7 Å². The molecule has 0 bridgehead atoms. The molecule has 2 rings (SSSR count). The van der Waals surface area contributed by atoms with Crippen LogP contribution in [0.4, 0.5) is 0 Å². The SMILES string of the molecule is CC(=O)CCC1CC=CC2(CCCCO2)O1. The van der Waals surface area contributed by atoms with Gasteiger partial charge in [-0.05, 0) is 38.7 Å². The van der Waals surface area contributed by atoms with Crippen molar-refractivity contribution in [3.8, 4) is 0 Å². The summed E-state index contributed by atoms with van der Waals surface area (Å²) in [5.41, 5.74) is 0. The van der Waals surface area contributed by atoms with Gasteiger partial charge in [-0.1, -0.05) is 6.08 Å². The first-order chi connectivity index (χ1) is 7.70. The summed E-state index contributed by atoms with van der Waals surface area (Å²) in [6.07, 6.45) is 9.88. The molecular weight excluding hydrogens is 204 g/mol. The lowest BCUT2D eigenvalue weighted by Crippen LogP contribution is -2.42. The molecule has 2 unspecified atom stereocenters. The lowest BCUT2D eigenvalue weighted by molar-refractivity contribution is -0.250. The minimum atomic E-state index is -0.474. The van der Waals surface area contributed by atoms with Crippen LogP contribution in [-0.2, 0) is 14.3 Å². The maximum absolute atomic E-state index is 10.9. The Hall–Kier alpha value is -0.670. The van der Waals surface area contributed by atoms with Crippen molar-refractivity contribution in [2.75, 3.05) is 6.61 Å². The summed E-state index contributed by atoms with van der Waals surface area (Å²) in [5, 5.41) is 0. The molecule has 90 valence electrons. The van der Waals surface area contributed by atoms with E-state index in [0.29, 0.717) is 6.42 Å². The van der Waals surface area contributed by atoms with Crippen molar-refractivity contribution >= 4 is 5.78 Å². The fourth-order valence-corrected chi connectivity index (χ4v) is 2.32. The van der Waals surface area contributed by atoms with Crippen LogP contribution in [-0.4, -0.2) is 24.3 Å². The third-order valence-corrected chi connectivity index (χ3v) is 3.22. The Kier molecular flexibility index (Phi) is 3.77. The van der Waals surface area contributed by atoms with Gasteiger partial charge in [-0.2, -0.15) is 0 Å². The highest BCUT2D eigenvalue weighted by Crippen LogP contribution is 2.33. The minimum Gasteiger partial charge on any atom is -0.346 e. The fraction of sp³-hybridized carbons (Fsp3) is 0.769. The molecule has 0 saturated carbocycles. The molecule has 0 aromatic rings. The lowest BCUT2D eigenvalue weighted by Gasteiger charge is -2.40. The second kappa shape index (κ2) is 5.11. The van der Waals surface area contributed by atoms with Gasteiger partial charge in [-0.25, -0.2) is 0 Å². The van der Waals surface area contributed by atoms with Crippen LogP contribution in [0.25, 0.3) is 0 Å². The van der Waals surface area contributed by atoms with E-state index in [9.17, 15) is 4.79 Å². The van der Waals surface area contributed by atoms with Crippen molar-refractivity contribution in [2.45, 2.75) is 57.3 Å². The minimum absolute atomic E-state index is 0.145. The molecule has 0 aromatic heterocycles. The molecule has 0 N–H and O–H groups in total. The summed E-state index contributed by atoms with van der Waals surface area (Å²) < 4.78 is 11.8. The monoisotopic (exact) mass is 224 g/mol. The van der Waals surface area contributed by atoms with Crippen molar-refractivity contribution in [1.82, 2.24) is 0 Å². The zero-order valence-corrected chi connectivity index (χ0v) is 9.91. The van der Waals surface area contributed by atoms with E-state index in [1.54, 1.807) is 6.92 Å². The normalized spacial score (nSPS) is 34.2. The Balaban J connectivity index is 1.90. The van der Waals surface area contributed by atoms with Gasteiger partial charge in [-0.15, -0.1) is 0 Å². The summed E-state index contributed by atoms with van der Waals surface area (Å²) in [5.74, 6) is -0.241. The summed E-state index contributed by atoms with van der Waals surface area (Å²) >= 11 is 0. The fourth-order valence-electron chi connectivity index (χ4n) is 2.32. The molecule has 2 heterocycles. The van der Waals surface area contributed by atoms with Crippen LogP contribution in [0.5, 0.6) is 0 Å². The average Bonchev–Trinajstić information content (AvgIpc) is 2.28. The van der Waals surface area contributed by atoms with Gasteiger partial charge in [0.15, 0.2) is 5.79 Å². The predicted octanol–water partition coefficient (Wildman–Crippen LogP) is 2.60. The Morgan fingerprint density at radius 3 is 3.06 bits per heavy atom. The van der Waals surface area contributed by atoms with E-state index in [2.05, 4.69) is 12.2 Å². The summed E-state index contributed by atoms with van der Waals surface area (Å²) in [6.45, 7) is 2.41. The maximum atomic E-state index is 10.9. The second-order valence-electron chi connectivity index (χ2n) is 4.74. The summed E-state index contributed by atoms with van der Waals surface area (Å²) in [6, 6.07) is 0. The van der Waals surface area contributed by atoms with Crippen LogP contribution in [0.15, 0.2) is 12.2 Å². The Morgan fingerprint density at radius 1 is 1.50 bits per heavy atom. The van der Waals surface area contributed by atoms with Crippen molar-refractivity contribution in [3.05, 3.63) is 12.2 Å². The van der Waals surface area contributed by atoms with Crippen LogP contribution in [0.2, 0.25) is 0 Å². The van der Waals surface area contributed by atoms with Crippen LogP contribution in [0.1, 0.15) is 45.4 Å². The van der Waals surface area contributed by atoms with Gasteiger partial charge in [0.1, 0.15) is 5.78 Å². The number of carbonyl (C=O) groups is 1. The molecule has 2 aliphatic rings. The Morgan fingerprint density at radius 2 is 2.38 bits per heavy atom. The molecule has 0 radical (unpaired) electrons. The topological polar surface area (TPSA) is 35.5 Å². The average molecular weight is 224 g/mol. The van der Waals surface area contributed by atoms with Crippen molar-refractivity contribution in [2.24, 2.45) is 0 Å². The number of rotatable bonds is 3. The third-order valence-electron chi connectivity index (χ3n) is 3.22. The molecule has 2 atom stereocenters. The molecule has 0 aliphatic carbocycles. The van der Waals surface area contributed by atoms with Gasteiger partial charge in [0.25, 0.3) is 0 Å². The molecule has 16 heavy (non-hydrogen) atoms. The highest BCUT2D eigenvalue weighted by molar-refractivity contribution is 5.75. The van der Waals surface area contributed by atoms with Crippen molar-refractivity contribution in [1.29, 1.82) is 0 Å². The number of ketones is 1. The Labute approximate surface area is 96.8 Å². The predicted molar refractivity (Wildman–Crippen MR) is 61.1 cm³/mol. The quantitative estimate of drug-likeness (QED) is 0.691. The molecular formula is C13H20O3. The van der Waals surface area contributed by atoms with E-state index in [-0.39, 0.29) is 11.9 Å². The molecule has 3 nitrogen and oxygen atoms in total. The maximum Gasteiger partial charge on any atom is 0.188 e. The van der Waals surface area contributed by atoms with Crippen molar-refractivity contribution < 1.29 is 14.3 Å². The molecule has 1 saturated heterocycles. The zero-order chi connectivity index (χ0) is 11.4. The smallest absolute Gasteiger partial charge is 0.188 e. The summed E-state index contributed by atoms with van der Waals surface area (Å²) in [7, 11) is 0. The Bertz CT molecular complexity index is 277. The first-order valence-corrected chi connectivity index (χ1v) is 6.19. The highest BCUT2D eigenvalue weighted by atomic mass is 16.7. The highest BCUT2D eigenvalue weighted by Gasteiger charge is 2.36. The van der Waals surface area contributed by atoms with Crippen LogP contribution in [0, 0.1) is 0 Å². The van der Waals surface area contributed by atoms with Gasteiger partial charge < -0.3 is 14.3 Å². The van der Waals surface area contributed by atoms with Crippen molar-refractivity contribution in [3.63, 3.8) is 0 Å². The van der Waals surface area contributed by atoms with Gasteiger partial charge in [0.2, 0.25) is 0 Å². The largest absolute Gasteiger partial charge is 0.346 e. The van der Waals surface area contributed by atoms with Gasteiger partial charge >= 0.3 is 0 Å². The van der Waals surface area contributed by atoms with E-state index in [1.807, 2.05) is 0 Å². The number of ether oxygens (including phenoxy) is 2. The number of Topliss-reactive ketones (excluding diaryl/α,β-unsaturated/α-hetero) is 1. The summed E-state index contributed by atoms with van der Waals surface area (Å²) in [4.78, 5) is 10.9. The first-order valence-electron chi connectivity index (χ1n) is 6.19. The first kappa shape index (κ1) is 11.8. The molecule has 1 spiro atoms. The standard InChI is InChI=1S/C13H20O3/c1-11(14)6-7-12-5-4-9-13(16-12)8-2-3-10-15-13/h4,9,12H,2-3,5-8,10H2,1H3. The molecule has 2 aliphatic heterocycles. The van der Waals surface area contributed by atoms with Crippen LogP contribution < -0.4 is 0 Å². The van der Waals surface area contributed by atoms with E-state index >= 15 is 0 Å². The van der Waals surface area contributed by atoms with Crippen LogP contribution >= 0.6 is 0 Å². The lowest BCUT2D eigenvalue weighted by atomic mass is 9.99. The van der Waals surface area contributed by atoms with E-state index in [4.69, 9.17) is 9.47 Å². The molecule has 1 fully saturated rings. The van der Waals surface area contributed by atoms with Gasteiger partial charge in [-0.3, -0.25) is 0 Å².